The minimum absolute atomic E-state index is 0. The fourth-order valence-electron chi connectivity index (χ4n) is 2.26. The van der Waals surface area contributed by atoms with Crippen LogP contribution in [-0.4, -0.2) is 0 Å². The van der Waals surface area contributed by atoms with Gasteiger partial charge in [0, 0.05) is 17.1 Å². The zero-order valence-electron chi connectivity index (χ0n) is 9.17. The first-order chi connectivity index (χ1) is 5.79. The molecule has 0 saturated heterocycles. The molecular weight excluding hydrogens is 224 g/mol. The van der Waals surface area contributed by atoms with Gasteiger partial charge in [0.25, 0.3) is 0 Å². The number of hydrogen-bond acceptors (Lipinski definition) is 0. The molecule has 0 bridgehead atoms. The molecule has 0 radical (unpaired) electrons. The van der Waals surface area contributed by atoms with E-state index in [2.05, 4.69) is 13.8 Å². The molecular formula is C14H32Fe. The van der Waals surface area contributed by atoms with Crippen molar-refractivity contribution in [1.82, 2.24) is 0 Å². The molecule has 15 heavy (non-hydrogen) atoms. The molecule has 2 fully saturated rings. The van der Waals surface area contributed by atoms with E-state index in [-0.39, 0.29) is 31.9 Å². The Morgan fingerprint density at radius 2 is 0.800 bits per heavy atom. The Balaban J connectivity index is -0.000000160. The SMILES string of the molecule is C.C.CC1CCCC1.CC1CCCC1.[Fe]. The maximum Gasteiger partial charge on any atom is 0 e. The standard InChI is InChI=1S/2C6H12.2CH4.Fe/c2*1-6-4-2-3-5-6;;;/h2*6H,2-5H2,1H3;2*1H4;. The molecule has 0 aromatic carbocycles. The third kappa shape index (κ3) is 10.8. The van der Waals surface area contributed by atoms with Crippen LogP contribution in [0.1, 0.15) is 80.1 Å². The van der Waals surface area contributed by atoms with Crippen LogP contribution in [0.5, 0.6) is 0 Å². The van der Waals surface area contributed by atoms with Crippen LogP contribution in [0.2, 0.25) is 0 Å². The van der Waals surface area contributed by atoms with Crippen molar-refractivity contribution >= 4 is 0 Å². The van der Waals surface area contributed by atoms with Gasteiger partial charge in [-0.15, -0.1) is 0 Å². The van der Waals surface area contributed by atoms with Crippen LogP contribution in [0.15, 0.2) is 0 Å². The maximum absolute atomic E-state index is 2.34. The third-order valence-corrected chi connectivity index (χ3v) is 3.29. The van der Waals surface area contributed by atoms with Crippen LogP contribution in [0.3, 0.4) is 0 Å². The summed E-state index contributed by atoms with van der Waals surface area (Å²) in [6.45, 7) is 4.68. The van der Waals surface area contributed by atoms with Crippen LogP contribution in [-0.2, 0) is 17.1 Å². The van der Waals surface area contributed by atoms with Gasteiger partial charge in [-0.2, -0.15) is 0 Å². The molecule has 0 aromatic rings. The number of rotatable bonds is 0. The second-order valence-electron chi connectivity index (χ2n) is 4.78. The molecule has 0 heterocycles. The summed E-state index contributed by atoms with van der Waals surface area (Å²) in [6.07, 6.45) is 11.9. The molecule has 0 aliphatic heterocycles. The molecule has 2 saturated carbocycles. The van der Waals surface area contributed by atoms with Gasteiger partial charge in [-0.1, -0.05) is 80.1 Å². The molecule has 0 spiro atoms. The van der Waals surface area contributed by atoms with E-state index in [0.717, 1.165) is 11.8 Å². The summed E-state index contributed by atoms with van der Waals surface area (Å²) in [6, 6.07) is 0. The van der Waals surface area contributed by atoms with Gasteiger partial charge in [-0.05, 0) is 11.8 Å². The van der Waals surface area contributed by atoms with Crippen LogP contribution in [0, 0.1) is 11.8 Å². The molecule has 2 aliphatic rings. The molecule has 96 valence electrons. The Kier molecular flexibility index (Phi) is 17.5. The zero-order valence-corrected chi connectivity index (χ0v) is 10.3. The van der Waals surface area contributed by atoms with E-state index in [1.165, 1.54) is 51.4 Å². The Bertz CT molecular complexity index is 85.9. The minimum atomic E-state index is 0. The second-order valence-corrected chi connectivity index (χ2v) is 4.78. The molecule has 0 amide bonds. The summed E-state index contributed by atoms with van der Waals surface area (Å²) in [5, 5.41) is 0. The fraction of sp³-hybridized carbons (Fsp3) is 1.00. The van der Waals surface area contributed by atoms with Gasteiger partial charge in [-0.3, -0.25) is 0 Å². The van der Waals surface area contributed by atoms with E-state index >= 15 is 0 Å². The first-order valence-electron chi connectivity index (χ1n) is 5.79. The summed E-state index contributed by atoms with van der Waals surface area (Å²) >= 11 is 0. The maximum atomic E-state index is 2.34. The van der Waals surface area contributed by atoms with E-state index < -0.39 is 0 Å². The van der Waals surface area contributed by atoms with E-state index in [1.54, 1.807) is 0 Å². The van der Waals surface area contributed by atoms with E-state index in [1.807, 2.05) is 0 Å². The second kappa shape index (κ2) is 12.6. The van der Waals surface area contributed by atoms with Crippen molar-refractivity contribution in [2.75, 3.05) is 0 Å². The van der Waals surface area contributed by atoms with Crippen molar-refractivity contribution < 1.29 is 17.1 Å². The summed E-state index contributed by atoms with van der Waals surface area (Å²) in [7, 11) is 0. The molecule has 2 rings (SSSR count). The van der Waals surface area contributed by atoms with E-state index in [0.29, 0.717) is 0 Å². The predicted molar refractivity (Wildman–Crippen MR) is 68.7 cm³/mol. The van der Waals surface area contributed by atoms with Crippen LogP contribution in [0.4, 0.5) is 0 Å². The van der Waals surface area contributed by atoms with Crippen molar-refractivity contribution in [3.05, 3.63) is 0 Å². The molecule has 0 atom stereocenters. The van der Waals surface area contributed by atoms with Crippen molar-refractivity contribution in [3.8, 4) is 0 Å². The molecule has 0 unspecified atom stereocenters. The van der Waals surface area contributed by atoms with Gasteiger partial charge >= 0.3 is 0 Å². The van der Waals surface area contributed by atoms with Gasteiger partial charge < -0.3 is 0 Å². The van der Waals surface area contributed by atoms with Crippen molar-refractivity contribution in [1.29, 1.82) is 0 Å². The Hall–Kier alpha value is 0.519. The van der Waals surface area contributed by atoms with Crippen molar-refractivity contribution in [2.45, 2.75) is 80.1 Å². The van der Waals surface area contributed by atoms with Crippen LogP contribution >= 0.6 is 0 Å². The summed E-state index contributed by atoms with van der Waals surface area (Å²) in [5.41, 5.74) is 0. The molecule has 0 aromatic heterocycles. The molecule has 0 nitrogen and oxygen atoms in total. The summed E-state index contributed by atoms with van der Waals surface area (Å²) in [4.78, 5) is 0. The Morgan fingerprint density at radius 1 is 0.600 bits per heavy atom. The Labute approximate surface area is 109 Å². The van der Waals surface area contributed by atoms with Gasteiger partial charge in [0.2, 0.25) is 0 Å². The Morgan fingerprint density at radius 3 is 0.867 bits per heavy atom. The van der Waals surface area contributed by atoms with Crippen LogP contribution < -0.4 is 0 Å². The first kappa shape index (κ1) is 20.9. The average molecular weight is 256 g/mol. The molecule has 2 aliphatic carbocycles. The molecule has 0 N–H and O–H groups in total. The minimum Gasteiger partial charge on any atom is -0.0776 e. The zero-order chi connectivity index (χ0) is 8.81. The monoisotopic (exact) mass is 256 g/mol. The molecule has 1 heteroatoms. The fourth-order valence-corrected chi connectivity index (χ4v) is 2.26. The van der Waals surface area contributed by atoms with Gasteiger partial charge in [0.05, 0.1) is 0 Å². The van der Waals surface area contributed by atoms with Crippen LogP contribution in [0.25, 0.3) is 0 Å². The first-order valence-corrected chi connectivity index (χ1v) is 5.79. The number of hydrogen-bond donors (Lipinski definition) is 0. The topological polar surface area (TPSA) is 0 Å². The van der Waals surface area contributed by atoms with Gasteiger partial charge in [-0.25, -0.2) is 0 Å². The van der Waals surface area contributed by atoms with Crippen molar-refractivity contribution in [2.24, 2.45) is 11.8 Å². The third-order valence-electron chi connectivity index (χ3n) is 3.29. The van der Waals surface area contributed by atoms with E-state index in [4.69, 9.17) is 0 Å². The van der Waals surface area contributed by atoms with Gasteiger partial charge in [0.1, 0.15) is 0 Å². The van der Waals surface area contributed by atoms with E-state index in [9.17, 15) is 0 Å². The quantitative estimate of drug-likeness (QED) is 0.490. The summed E-state index contributed by atoms with van der Waals surface area (Å²) in [5.74, 6) is 2.09. The predicted octanol–water partition coefficient (Wildman–Crippen LogP) is 5.66. The van der Waals surface area contributed by atoms with Crippen molar-refractivity contribution in [3.63, 3.8) is 0 Å². The van der Waals surface area contributed by atoms with Gasteiger partial charge in [0.15, 0.2) is 0 Å². The largest absolute Gasteiger partial charge is 0.0776 e. The average Bonchev–Trinajstić information content (AvgIpc) is 2.63. The normalized spacial score (nSPS) is 20.4. The smallest absolute Gasteiger partial charge is 0 e. The summed E-state index contributed by atoms with van der Waals surface area (Å²) < 4.78 is 0.